The molecule has 158 valence electrons. The summed E-state index contributed by atoms with van der Waals surface area (Å²) in [5.41, 5.74) is 2.70. The minimum atomic E-state index is -3.37. The molecule has 2 aromatic rings. The number of benzene rings is 1. The summed E-state index contributed by atoms with van der Waals surface area (Å²) in [5.74, 6) is 0.462. The van der Waals surface area contributed by atoms with Crippen molar-refractivity contribution < 1.29 is 17.9 Å². The lowest BCUT2D eigenvalue weighted by Gasteiger charge is -2.29. The molecule has 1 aromatic heterocycles. The van der Waals surface area contributed by atoms with Crippen molar-refractivity contribution in [3.63, 3.8) is 0 Å². The van der Waals surface area contributed by atoms with E-state index in [-0.39, 0.29) is 16.5 Å². The van der Waals surface area contributed by atoms with E-state index < -0.39 is 9.84 Å². The first-order valence-corrected chi connectivity index (χ1v) is 11.6. The minimum absolute atomic E-state index is 0.127. The SMILES string of the molecule is CCCCc1ccc(S(C)(=O)=O)cc1-c1cn(C)c(=O)c2c1OCC(COC)N2. The maximum Gasteiger partial charge on any atom is 0.277 e. The number of nitrogens with zero attached hydrogens (tertiary/aromatic N) is 1. The van der Waals surface area contributed by atoms with Crippen LogP contribution in [0, 0.1) is 0 Å². The highest BCUT2D eigenvalue weighted by Gasteiger charge is 2.27. The number of nitrogens with one attached hydrogen (secondary N) is 1. The number of fused-ring (bicyclic) bond motifs is 1. The van der Waals surface area contributed by atoms with Gasteiger partial charge in [-0.1, -0.05) is 19.4 Å². The molecule has 7 nitrogen and oxygen atoms in total. The van der Waals surface area contributed by atoms with Crippen LogP contribution in [0.4, 0.5) is 5.69 Å². The average molecular weight is 421 g/mol. The summed E-state index contributed by atoms with van der Waals surface area (Å²) in [5, 5.41) is 3.22. The zero-order valence-electron chi connectivity index (χ0n) is 17.3. The molecule has 1 aliphatic rings. The van der Waals surface area contributed by atoms with Crippen LogP contribution in [-0.2, 0) is 28.0 Å². The van der Waals surface area contributed by atoms with Gasteiger partial charge in [0.05, 0.1) is 17.5 Å². The lowest BCUT2D eigenvalue weighted by molar-refractivity contribution is 0.155. The van der Waals surface area contributed by atoms with E-state index in [1.54, 1.807) is 32.5 Å². The topological polar surface area (TPSA) is 86.6 Å². The Balaban J connectivity index is 2.21. The molecule has 0 aliphatic carbocycles. The van der Waals surface area contributed by atoms with Gasteiger partial charge >= 0.3 is 0 Å². The number of aromatic nitrogens is 1. The van der Waals surface area contributed by atoms with Crippen molar-refractivity contribution in [3.05, 3.63) is 40.3 Å². The van der Waals surface area contributed by atoms with Gasteiger partial charge in [0.2, 0.25) is 0 Å². The van der Waals surface area contributed by atoms with Crippen molar-refractivity contribution in [1.29, 1.82) is 0 Å². The summed E-state index contributed by atoms with van der Waals surface area (Å²) < 4.78 is 37.0. The number of unbranched alkanes of at least 4 members (excludes halogenated alkanes) is 1. The third-order valence-electron chi connectivity index (χ3n) is 5.07. The number of pyridine rings is 1. The molecule has 0 bridgehead atoms. The summed E-state index contributed by atoms with van der Waals surface area (Å²) in [6, 6.07) is 5.07. The third-order valence-corrected chi connectivity index (χ3v) is 6.18. The van der Waals surface area contributed by atoms with Crippen LogP contribution >= 0.6 is 0 Å². The van der Waals surface area contributed by atoms with E-state index in [1.165, 1.54) is 10.8 Å². The Kier molecular flexibility index (Phi) is 6.33. The number of hydrogen-bond donors (Lipinski definition) is 1. The molecule has 3 rings (SSSR count). The summed E-state index contributed by atoms with van der Waals surface area (Å²) in [4.78, 5) is 13.0. The molecular weight excluding hydrogens is 392 g/mol. The fourth-order valence-corrected chi connectivity index (χ4v) is 4.18. The van der Waals surface area contributed by atoms with E-state index >= 15 is 0 Å². The van der Waals surface area contributed by atoms with E-state index in [4.69, 9.17) is 9.47 Å². The Morgan fingerprint density at radius 1 is 1.31 bits per heavy atom. The van der Waals surface area contributed by atoms with Crippen molar-refractivity contribution in [2.45, 2.75) is 37.1 Å². The maximum absolute atomic E-state index is 12.7. The van der Waals surface area contributed by atoms with E-state index in [0.29, 0.717) is 30.2 Å². The van der Waals surface area contributed by atoms with Gasteiger partial charge in [-0.15, -0.1) is 0 Å². The van der Waals surface area contributed by atoms with Crippen LogP contribution in [0.5, 0.6) is 5.75 Å². The molecule has 1 atom stereocenters. The predicted octanol–water partition coefficient (Wildman–Crippen LogP) is 2.62. The number of aryl methyl sites for hydroxylation is 2. The van der Waals surface area contributed by atoms with Crippen molar-refractivity contribution in [1.82, 2.24) is 4.57 Å². The second kappa shape index (κ2) is 8.59. The first-order valence-electron chi connectivity index (χ1n) is 9.71. The molecule has 0 amide bonds. The van der Waals surface area contributed by atoms with Gasteiger partial charge < -0.3 is 19.4 Å². The Morgan fingerprint density at radius 3 is 2.72 bits per heavy atom. The third kappa shape index (κ3) is 4.48. The number of sulfone groups is 1. The fourth-order valence-electron chi connectivity index (χ4n) is 3.53. The molecule has 0 fully saturated rings. The van der Waals surface area contributed by atoms with Gasteiger partial charge in [0, 0.05) is 32.2 Å². The summed E-state index contributed by atoms with van der Waals surface area (Å²) >= 11 is 0. The molecule has 2 heterocycles. The van der Waals surface area contributed by atoms with Crippen molar-refractivity contribution >= 4 is 15.5 Å². The summed E-state index contributed by atoms with van der Waals surface area (Å²) in [7, 11) is -0.0877. The van der Waals surface area contributed by atoms with Crippen LogP contribution in [0.15, 0.2) is 34.1 Å². The van der Waals surface area contributed by atoms with Crippen molar-refractivity contribution in [3.8, 4) is 16.9 Å². The molecule has 8 heteroatoms. The largest absolute Gasteiger partial charge is 0.488 e. The van der Waals surface area contributed by atoms with Crippen LogP contribution in [0.2, 0.25) is 0 Å². The molecule has 0 radical (unpaired) electrons. The molecule has 1 aromatic carbocycles. The number of methoxy groups -OCH3 is 1. The van der Waals surface area contributed by atoms with E-state index in [9.17, 15) is 13.2 Å². The van der Waals surface area contributed by atoms with E-state index in [0.717, 1.165) is 30.4 Å². The molecular formula is C21H28N2O5S. The second-order valence-corrected chi connectivity index (χ2v) is 9.48. The lowest BCUT2D eigenvalue weighted by atomic mass is 9.96. The van der Waals surface area contributed by atoms with Gasteiger partial charge in [-0.25, -0.2) is 8.42 Å². The van der Waals surface area contributed by atoms with Gasteiger partial charge in [0.25, 0.3) is 5.56 Å². The molecule has 0 saturated carbocycles. The molecule has 1 unspecified atom stereocenters. The van der Waals surface area contributed by atoms with Gasteiger partial charge in [0.1, 0.15) is 12.3 Å². The number of rotatable bonds is 7. The Hall–Kier alpha value is -2.32. The van der Waals surface area contributed by atoms with Crippen molar-refractivity contribution in [2.75, 3.05) is 31.9 Å². The summed E-state index contributed by atoms with van der Waals surface area (Å²) in [6.45, 7) is 2.89. The number of anilines is 1. The Morgan fingerprint density at radius 2 is 2.07 bits per heavy atom. The van der Waals surface area contributed by atoms with Gasteiger partial charge in [0.15, 0.2) is 15.6 Å². The summed E-state index contributed by atoms with van der Waals surface area (Å²) in [6.07, 6.45) is 5.73. The number of ether oxygens (including phenoxy) is 2. The average Bonchev–Trinajstić information content (AvgIpc) is 2.68. The molecule has 0 spiro atoms. The number of hydrogen-bond acceptors (Lipinski definition) is 6. The zero-order valence-corrected chi connectivity index (χ0v) is 18.1. The maximum atomic E-state index is 12.7. The quantitative estimate of drug-likeness (QED) is 0.741. The Bertz CT molecular complexity index is 1060. The highest BCUT2D eigenvalue weighted by Crippen LogP contribution is 2.39. The predicted molar refractivity (Wildman–Crippen MR) is 114 cm³/mol. The zero-order chi connectivity index (χ0) is 21.2. The fraction of sp³-hybridized carbons (Fsp3) is 0.476. The van der Waals surface area contributed by atoms with E-state index in [1.807, 2.05) is 6.07 Å². The molecule has 0 saturated heterocycles. The highest BCUT2D eigenvalue weighted by molar-refractivity contribution is 7.90. The van der Waals surface area contributed by atoms with Crippen LogP contribution in [0.1, 0.15) is 25.3 Å². The molecule has 29 heavy (non-hydrogen) atoms. The van der Waals surface area contributed by atoms with E-state index in [2.05, 4.69) is 12.2 Å². The Labute approximate surface area is 171 Å². The van der Waals surface area contributed by atoms with Crippen LogP contribution in [0.3, 0.4) is 0 Å². The monoisotopic (exact) mass is 420 g/mol. The van der Waals surface area contributed by atoms with Crippen LogP contribution in [0.25, 0.3) is 11.1 Å². The van der Waals surface area contributed by atoms with Crippen LogP contribution in [-0.4, -0.2) is 45.6 Å². The smallest absolute Gasteiger partial charge is 0.277 e. The van der Waals surface area contributed by atoms with Gasteiger partial charge in [-0.2, -0.15) is 0 Å². The standard InChI is InChI=1S/C21H28N2O5S/c1-5-6-7-14-8-9-16(29(4,25)26)10-17(14)18-11-23(2)21(24)19-20(18)28-13-15(22-19)12-27-3/h8-11,15,22H,5-7,12-13H2,1-4H3. The molecule has 1 N–H and O–H groups in total. The highest BCUT2D eigenvalue weighted by atomic mass is 32.2. The normalized spacial score (nSPS) is 16.1. The first-order chi connectivity index (χ1) is 13.8. The lowest BCUT2D eigenvalue weighted by Crippen LogP contribution is -2.39. The molecule has 1 aliphatic heterocycles. The van der Waals surface area contributed by atoms with Gasteiger partial charge in [-0.3, -0.25) is 4.79 Å². The second-order valence-electron chi connectivity index (χ2n) is 7.47. The van der Waals surface area contributed by atoms with Crippen molar-refractivity contribution in [2.24, 2.45) is 7.05 Å². The first kappa shape index (κ1) is 21.4. The minimum Gasteiger partial charge on any atom is -0.488 e. The van der Waals surface area contributed by atoms with Crippen LogP contribution < -0.4 is 15.6 Å². The van der Waals surface area contributed by atoms with Gasteiger partial charge in [-0.05, 0) is 36.1 Å².